The summed E-state index contributed by atoms with van der Waals surface area (Å²) in [6.07, 6.45) is -6.17. The van der Waals surface area contributed by atoms with E-state index < -0.39 is 63.9 Å². The van der Waals surface area contributed by atoms with Gasteiger partial charge in [0.15, 0.2) is 0 Å². The van der Waals surface area contributed by atoms with Gasteiger partial charge in [-0.25, -0.2) is 4.39 Å². The first-order valence-electron chi connectivity index (χ1n) is 11.7. The maximum atomic E-state index is 15.3. The second-order valence-corrected chi connectivity index (χ2v) is 9.89. The third-order valence-corrected chi connectivity index (χ3v) is 6.97. The summed E-state index contributed by atoms with van der Waals surface area (Å²) >= 11 is 5.89. The van der Waals surface area contributed by atoms with Gasteiger partial charge >= 0.3 is 18.3 Å². The van der Waals surface area contributed by atoms with Gasteiger partial charge in [0, 0.05) is 24.6 Å². The van der Waals surface area contributed by atoms with Crippen molar-refractivity contribution in [2.75, 3.05) is 6.54 Å². The summed E-state index contributed by atoms with van der Waals surface area (Å²) in [5.74, 6) is 1.95. The molecule has 38 heavy (non-hydrogen) atoms. The molecule has 2 aliphatic rings. The van der Waals surface area contributed by atoms with Gasteiger partial charge in [-0.05, 0) is 55.7 Å². The van der Waals surface area contributed by atoms with Crippen LogP contribution in [0.25, 0.3) is 0 Å². The van der Waals surface area contributed by atoms with Crippen molar-refractivity contribution in [1.29, 1.82) is 0 Å². The number of hydrogen-bond acceptors (Lipinski definition) is 2. The summed E-state index contributed by atoms with van der Waals surface area (Å²) in [6, 6.07) is -0.726. The van der Waals surface area contributed by atoms with Crippen LogP contribution in [0.5, 0.6) is 0 Å². The summed E-state index contributed by atoms with van der Waals surface area (Å²) in [5, 5.41) is 8.76. The van der Waals surface area contributed by atoms with Crippen molar-refractivity contribution in [3.63, 3.8) is 0 Å². The number of likely N-dealkylation sites (tertiary alicyclic amines) is 1. The molecule has 1 unspecified atom stereocenters. The van der Waals surface area contributed by atoms with Crippen LogP contribution in [0.1, 0.15) is 49.8 Å². The number of carboxylic acids is 1. The highest BCUT2D eigenvalue weighted by atomic mass is 35.5. The van der Waals surface area contributed by atoms with E-state index in [9.17, 15) is 36.2 Å². The van der Waals surface area contributed by atoms with Crippen LogP contribution in [0.4, 0.5) is 30.7 Å². The van der Waals surface area contributed by atoms with Crippen LogP contribution < -0.4 is 0 Å². The fourth-order valence-electron chi connectivity index (χ4n) is 4.99. The Morgan fingerprint density at radius 2 is 1.92 bits per heavy atom. The van der Waals surface area contributed by atoms with Crippen LogP contribution in [-0.4, -0.2) is 34.7 Å². The number of halogens is 8. The van der Waals surface area contributed by atoms with Crippen LogP contribution in [0.2, 0.25) is 5.02 Å². The van der Waals surface area contributed by atoms with Crippen molar-refractivity contribution in [1.82, 2.24) is 4.90 Å². The number of alkyl halides is 6. The Kier molecular flexibility index (Phi) is 9.04. The van der Waals surface area contributed by atoms with Crippen molar-refractivity contribution < 1.29 is 40.6 Å². The first-order valence-corrected chi connectivity index (χ1v) is 12.1. The van der Waals surface area contributed by atoms with Crippen molar-refractivity contribution in [3.8, 4) is 11.8 Å². The Bertz CT molecular complexity index is 1210. The smallest absolute Gasteiger partial charge is 0.416 e. The van der Waals surface area contributed by atoms with Crippen molar-refractivity contribution in [2.24, 2.45) is 11.8 Å². The van der Waals surface area contributed by atoms with E-state index in [0.29, 0.717) is 11.6 Å². The maximum Gasteiger partial charge on any atom is 0.416 e. The van der Waals surface area contributed by atoms with E-state index in [0.717, 1.165) is 18.2 Å². The van der Waals surface area contributed by atoms with Crippen molar-refractivity contribution in [3.05, 3.63) is 70.1 Å². The van der Waals surface area contributed by atoms with E-state index in [4.69, 9.17) is 11.6 Å². The summed E-state index contributed by atoms with van der Waals surface area (Å²) in [4.78, 5) is 12.9. The zero-order valence-corrected chi connectivity index (χ0v) is 21.0. The fraction of sp³-hybridized carbons (Fsp3) is 0.444. The monoisotopic (exact) mass is 563 g/mol. The van der Waals surface area contributed by atoms with Gasteiger partial charge in [0.25, 0.3) is 0 Å². The SMILES string of the molecule is C=C(C)C#C[C@@H](c1c(C(F)(F)F)ccc(Cl)c1F)N1CC[C@H](CC(=O)O)C[C@@H]1C1C=CC(C(F)(F)F)=CC1. The van der Waals surface area contributed by atoms with Crippen molar-refractivity contribution >= 4 is 17.6 Å². The highest BCUT2D eigenvalue weighted by molar-refractivity contribution is 6.30. The molecule has 1 fully saturated rings. The Hall–Kier alpha value is -2.77. The van der Waals surface area contributed by atoms with Crippen LogP contribution >= 0.6 is 11.6 Å². The number of benzene rings is 1. The minimum Gasteiger partial charge on any atom is -0.481 e. The molecule has 0 radical (unpaired) electrons. The lowest BCUT2D eigenvalue weighted by Gasteiger charge is -2.46. The summed E-state index contributed by atoms with van der Waals surface area (Å²) in [5.41, 5.74) is -2.60. The Morgan fingerprint density at radius 3 is 2.45 bits per heavy atom. The van der Waals surface area contributed by atoms with Gasteiger partial charge in [0.2, 0.25) is 0 Å². The molecule has 1 N–H and O–H groups in total. The Morgan fingerprint density at radius 1 is 1.24 bits per heavy atom. The number of rotatable bonds is 5. The van der Waals surface area contributed by atoms with Gasteiger partial charge in [0.1, 0.15) is 11.9 Å². The summed E-state index contributed by atoms with van der Waals surface area (Å²) in [7, 11) is 0. The van der Waals surface area contributed by atoms with Gasteiger partial charge in [-0.15, -0.1) is 0 Å². The van der Waals surface area contributed by atoms with E-state index >= 15 is 4.39 Å². The van der Waals surface area contributed by atoms with E-state index in [1.807, 2.05) is 0 Å². The molecule has 3 nitrogen and oxygen atoms in total. The Balaban J connectivity index is 2.14. The lowest BCUT2D eigenvalue weighted by molar-refractivity contribution is -0.140. The van der Waals surface area contributed by atoms with Gasteiger partial charge in [-0.1, -0.05) is 48.2 Å². The number of carboxylic acid groups (broad SMARTS) is 1. The van der Waals surface area contributed by atoms with Crippen LogP contribution in [0.15, 0.2) is 48.1 Å². The van der Waals surface area contributed by atoms with E-state index in [1.54, 1.807) is 0 Å². The first-order chi connectivity index (χ1) is 17.6. The van der Waals surface area contributed by atoms with Crippen LogP contribution in [0, 0.1) is 29.5 Å². The number of allylic oxidation sites excluding steroid dienone is 4. The minimum absolute atomic E-state index is 0.0432. The number of aliphatic carboxylic acids is 1. The first kappa shape index (κ1) is 29.8. The molecule has 206 valence electrons. The zero-order valence-electron chi connectivity index (χ0n) is 20.3. The van der Waals surface area contributed by atoms with Gasteiger partial charge < -0.3 is 5.11 Å². The Labute approximate surface area is 220 Å². The third kappa shape index (κ3) is 7.00. The second kappa shape index (κ2) is 11.5. The number of carbonyl (C=O) groups is 1. The quantitative estimate of drug-likeness (QED) is 0.294. The molecule has 0 bridgehead atoms. The fourth-order valence-corrected chi connectivity index (χ4v) is 5.16. The largest absolute Gasteiger partial charge is 0.481 e. The average Bonchev–Trinajstić information content (AvgIpc) is 2.80. The summed E-state index contributed by atoms with van der Waals surface area (Å²) in [6.45, 7) is 5.20. The normalized spacial score (nSPS) is 23.3. The highest BCUT2D eigenvalue weighted by Crippen LogP contribution is 2.44. The molecule has 0 amide bonds. The highest BCUT2D eigenvalue weighted by Gasteiger charge is 2.44. The van der Waals surface area contributed by atoms with E-state index in [-0.39, 0.29) is 38.1 Å². The molecule has 0 saturated carbocycles. The van der Waals surface area contributed by atoms with E-state index in [1.165, 1.54) is 17.9 Å². The number of nitrogens with zero attached hydrogens (tertiary/aromatic N) is 1. The minimum atomic E-state index is -4.95. The zero-order chi connectivity index (χ0) is 28.4. The maximum absolute atomic E-state index is 15.3. The predicted octanol–water partition coefficient (Wildman–Crippen LogP) is 7.74. The topological polar surface area (TPSA) is 40.5 Å². The number of hydrogen-bond donors (Lipinski definition) is 1. The van der Waals surface area contributed by atoms with Gasteiger partial charge in [-0.3, -0.25) is 9.69 Å². The average molecular weight is 564 g/mol. The molecule has 1 aromatic rings. The van der Waals surface area contributed by atoms with Crippen LogP contribution in [-0.2, 0) is 11.0 Å². The molecule has 1 heterocycles. The second-order valence-electron chi connectivity index (χ2n) is 9.48. The molecule has 1 aromatic carbocycles. The molecular formula is C27H25ClF7NO2. The summed E-state index contributed by atoms with van der Waals surface area (Å²) < 4.78 is 96.9. The molecule has 3 rings (SSSR count). The molecular weight excluding hydrogens is 539 g/mol. The molecule has 11 heteroatoms. The molecule has 1 aliphatic heterocycles. The molecule has 4 atom stereocenters. The molecule has 1 aliphatic carbocycles. The molecule has 0 aromatic heterocycles. The number of piperidine rings is 1. The van der Waals surface area contributed by atoms with Gasteiger partial charge in [0.05, 0.1) is 16.2 Å². The van der Waals surface area contributed by atoms with Crippen LogP contribution in [0.3, 0.4) is 0 Å². The van der Waals surface area contributed by atoms with Gasteiger partial charge in [-0.2, -0.15) is 26.3 Å². The van der Waals surface area contributed by atoms with E-state index in [2.05, 4.69) is 18.4 Å². The predicted molar refractivity (Wildman–Crippen MR) is 129 cm³/mol. The lowest BCUT2D eigenvalue weighted by atomic mass is 9.78. The molecule has 1 saturated heterocycles. The molecule has 0 spiro atoms. The standard InChI is InChI=1S/C27H25ClF7NO2/c1-15(2)3-10-21(24-19(27(33,34)35)8-9-20(28)25(24)29)36-12-11-16(14-23(37)38)13-22(36)17-4-6-18(7-5-17)26(30,31)32/h4,6-9,16-17,21-22H,1,5,11-14H2,2H3,(H,37,38)/t16-,17?,21-,22+/m0/s1. The lowest BCUT2D eigenvalue weighted by Crippen LogP contribution is -2.48. The third-order valence-electron chi connectivity index (χ3n) is 6.68. The van der Waals surface area contributed by atoms with Crippen molar-refractivity contribution in [2.45, 2.75) is 57.0 Å².